The van der Waals surface area contributed by atoms with Crippen LogP contribution in [0.3, 0.4) is 0 Å². The van der Waals surface area contributed by atoms with E-state index in [9.17, 15) is 4.79 Å². The first-order valence-corrected chi connectivity index (χ1v) is 8.34. The lowest BCUT2D eigenvalue weighted by Crippen LogP contribution is -2.33. The third-order valence-corrected chi connectivity index (χ3v) is 4.50. The van der Waals surface area contributed by atoms with Gasteiger partial charge in [0.05, 0.1) is 0 Å². The Balaban J connectivity index is 1.61. The summed E-state index contributed by atoms with van der Waals surface area (Å²) in [6.07, 6.45) is 5.73. The van der Waals surface area contributed by atoms with Gasteiger partial charge in [0.1, 0.15) is 11.6 Å². The molecule has 6 nitrogen and oxygen atoms in total. The van der Waals surface area contributed by atoms with Crippen LogP contribution in [0.25, 0.3) is 0 Å². The number of hydrogen-bond donors (Lipinski definition) is 2. The number of H-pyrrole nitrogens is 1. The molecule has 1 aliphatic heterocycles. The minimum Gasteiger partial charge on any atom is -0.482 e. The van der Waals surface area contributed by atoms with Gasteiger partial charge in [-0.25, -0.2) is 9.78 Å². The van der Waals surface area contributed by atoms with Gasteiger partial charge in [0.25, 0.3) is 0 Å². The Morgan fingerprint density at radius 1 is 1.42 bits per heavy atom. The highest BCUT2D eigenvalue weighted by atomic mass is 35.5. The molecule has 0 bridgehead atoms. The van der Waals surface area contributed by atoms with Crippen molar-refractivity contribution in [3.63, 3.8) is 0 Å². The number of carboxylic acids is 1. The van der Waals surface area contributed by atoms with Gasteiger partial charge in [0.2, 0.25) is 0 Å². The number of aliphatic carboxylic acids is 1. The third kappa shape index (κ3) is 4.27. The van der Waals surface area contributed by atoms with Gasteiger partial charge >= 0.3 is 5.97 Å². The topological polar surface area (TPSA) is 78.5 Å². The fraction of sp³-hybridized carbons (Fsp3) is 0.412. The molecule has 2 heterocycles. The zero-order valence-corrected chi connectivity index (χ0v) is 14.0. The summed E-state index contributed by atoms with van der Waals surface area (Å²) in [5, 5.41) is 9.41. The van der Waals surface area contributed by atoms with E-state index in [2.05, 4.69) is 14.9 Å². The average molecular weight is 350 g/mol. The molecule has 2 N–H and O–H groups in total. The molecule has 3 rings (SSSR count). The maximum Gasteiger partial charge on any atom is 0.341 e. The number of halogens is 1. The van der Waals surface area contributed by atoms with Crippen LogP contribution in [0.2, 0.25) is 5.02 Å². The first kappa shape index (κ1) is 16.8. The molecule has 0 radical (unpaired) electrons. The largest absolute Gasteiger partial charge is 0.482 e. The second kappa shape index (κ2) is 7.68. The van der Waals surface area contributed by atoms with Crippen LogP contribution in [-0.4, -0.2) is 45.6 Å². The monoisotopic (exact) mass is 349 g/mol. The van der Waals surface area contributed by atoms with Crippen molar-refractivity contribution in [3.05, 3.63) is 47.0 Å². The fourth-order valence-corrected chi connectivity index (χ4v) is 3.25. The Hall–Kier alpha value is -2.05. The molecule has 1 saturated heterocycles. The minimum atomic E-state index is -0.991. The van der Waals surface area contributed by atoms with Crippen molar-refractivity contribution >= 4 is 17.6 Å². The number of carboxylic acid groups (broad SMARTS) is 1. The first-order valence-electron chi connectivity index (χ1n) is 7.96. The number of nitrogens with one attached hydrogen (secondary N) is 1. The summed E-state index contributed by atoms with van der Waals surface area (Å²) < 4.78 is 5.38. The molecule has 0 saturated carbocycles. The summed E-state index contributed by atoms with van der Waals surface area (Å²) in [5.74, 6) is 1.12. The molecule has 0 unspecified atom stereocenters. The van der Waals surface area contributed by atoms with E-state index in [0.717, 1.165) is 37.3 Å². The van der Waals surface area contributed by atoms with E-state index in [1.165, 1.54) is 0 Å². The average Bonchev–Trinajstić information content (AvgIpc) is 3.09. The highest BCUT2D eigenvalue weighted by Gasteiger charge is 2.23. The molecule has 0 atom stereocenters. The predicted molar refractivity (Wildman–Crippen MR) is 90.4 cm³/mol. The fourth-order valence-electron chi connectivity index (χ4n) is 3.06. The molecule has 128 valence electrons. The number of hydrogen-bond acceptors (Lipinski definition) is 4. The molecule has 0 amide bonds. The molecular weight excluding hydrogens is 330 g/mol. The van der Waals surface area contributed by atoms with Gasteiger partial charge in [0, 0.05) is 35.4 Å². The molecule has 1 fully saturated rings. The van der Waals surface area contributed by atoms with Crippen molar-refractivity contribution in [3.8, 4) is 5.75 Å². The smallest absolute Gasteiger partial charge is 0.341 e. The van der Waals surface area contributed by atoms with E-state index in [0.29, 0.717) is 23.2 Å². The quantitative estimate of drug-likeness (QED) is 0.838. The van der Waals surface area contributed by atoms with E-state index in [-0.39, 0.29) is 6.61 Å². The van der Waals surface area contributed by atoms with Crippen LogP contribution in [-0.2, 0) is 11.3 Å². The Morgan fingerprint density at radius 2 is 2.21 bits per heavy atom. The van der Waals surface area contributed by atoms with Crippen LogP contribution in [0.1, 0.15) is 30.1 Å². The third-order valence-electron chi connectivity index (χ3n) is 4.26. The van der Waals surface area contributed by atoms with Gasteiger partial charge < -0.3 is 14.8 Å². The number of imidazole rings is 1. The molecule has 7 heteroatoms. The molecule has 24 heavy (non-hydrogen) atoms. The van der Waals surface area contributed by atoms with Gasteiger partial charge in [-0.2, -0.15) is 0 Å². The van der Waals surface area contributed by atoms with Crippen molar-refractivity contribution < 1.29 is 14.6 Å². The van der Waals surface area contributed by atoms with E-state index in [1.54, 1.807) is 18.3 Å². The molecule has 1 aliphatic rings. The van der Waals surface area contributed by atoms with E-state index in [4.69, 9.17) is 21.4 Å². The second-order valence-electron chi connectivity index (χ2n) is 5.96. The summed E-state index contributed by atoms with van der Waals surface area (Å²) in [4.78, 5) is 20.6. The zero-order chi connectivity index (χ0) is 16.9. The zero-order valence-electron chi connectivity index (χ0n) is 13.2. The molecule has 0 aliphatic carbocycles. The number of aromatic amines is 1. The van der Waals surface area contributed by atoms with Crippen LogP contribution in [0.5, 0.6) is 5.75 Å². The summed E-state index contributed by atoms with van der Waals surface area (Å²) in [5.41, 5.74) is 0.917. The van der Waals surface area contributed by atoms with Crippen LogP contribution >= 0.6 is 11.6 Å². The highest BCUT2D eigenvalue weighted by molar-refractivity contribution is 6.30. The SMILES string of the molecule is O=C(O)COc1ccc(Cl)cc1CN1CCC(c2ncc[nH]2)CC1. The van der Waals surface area contributed by atoms with Gasteiger partial charge in [-0.3, -0.25) is 4.90 Å². The van der Waals surface area contributed by atoms with Gasteiger partial charge in [-0.1, -0.05) is 11.6 Å². The minimum absolute atomic E-state index is 0.352. The van der Waals surface area contributed by atoms with Crippen molar-refractivity contribution in [1.29, 1.82) is 0 Å². The number of likely N-dealkylation sites (tertiary alicyclic amines) is 1. The number of carbonyl (C=O) groups is 1. The van der Waals surface area contributed by atoms with Crippen molar-refractivity contribution in [1.82, 2.24) is 14.9 Å². The maximum absolute atomic E-state index is 10.7. The van der Waals surface area contributed by atoms with Crippen molar-refractivity contribution in [2.75, 3.05) is 19.7 Å². The van der Waals surface area contributed by atoms with Crippen LogP contribution in [0.4, 0.5) is 0 Å². The van der Waals surface area contributed by atoms with E-state index < -0.39 is 5.97 Å². The lowest BCUT2D eigenvalue weighted by atomic mass is 9.96. The van der Waals surface area contributed by atoms with Crippen molar-refractivity contribution in [2.24, 2.45) is 0 Å². The molecule has 1 aromatic heterocycles. The first-order chi connectivity index (χ1) is 11.6. The van der Waals surface area contributed by atoms with E-state index >= 15 is 0 Å². The predicted octanol–water partition coefficient (Wildman–Crippen LogP) is 2.91. The Labute approximate surface area is 145 Å². The summed E-state index contributed by atoms with van der Waals surface area (Å²) in [7, 11) is 0. The number of rotatable bonds is 6. The lowest BCUT2D eigenvalue weighted by Gasteiger charge is -2.31. The second-order valence-corrected chi connectivity index (χ2v) is 6.40. The number of ether oxygens (including phenoxy) is 1. The molecule has 0 spiro atoms. The molecule has 2 aromatic rings. The Kier molecular flexibility index (Phi) is 5.37. The van der Waals surface area contributed by atoms with Crippen LogP contribution in [0.15, 0.2) is 30.6 Å². The number of nitrogens with zero attached hydrogens (tertiary/aromatic N) is 2. The van der Waals surface area contributed by atoms with Gasteiger partial charge in [-0.15, -0.1) is 0 Å². The molecular formula is C17H20ClN3O3. The number of piperidine rings is 1. The van der Waals surface area contributed by atoms with Gasteiger partial charge in [-0.05, 0) is 44.1 Å². The van der Waals surface area contributed by atoms with E-state index in [1.807, 2.05) is 12.3 Å². The summed E-state index contributed by atoms with van der Waals surface area (Å²) in [6, 6.07) is 5.29. The number of benzene rings is 1. The van der Waals surface area contributed by atoms with Crippen molar-refractivity contribution in [2.45, 2.75) is 25.3 Å². The summed E-state index contributed by atoms with van der Waals surface area (Å²) in [6.45, 7) is 2.25. The standard InChI is InChI=1S/C17H20ClN3O3/c18-14-1-2-15(24-11-16(22)23)13(9-14)10-21-7-3-12(4-8-21)17-19-5-6-20-17/h1-2,5-6,9,12H,3-4,7-8,10-11H2,(H,19,20)(H,22,23). The van der Waals surface area contributed by atoms with Gasteiger partial charge in [0.15, 0.2) is 6.61 Å². The molecule has 1 aromatic carbocycles. The highest BCUT2D eigenvalue weighted by Crippen LogP contribution is 2.29. The normalized spacial score (nSPS) is 16.2. The number of aromatic nitrogens is 2. The maximum atomic E-state index is 10.7. The lowest BCUT2D eigenvalue weighted by molar-refractivity contribution is -0.139. The Morgan fingerprint density at radius 3 is 2.88 bits per heavy atom. The van der Waals surface area contributed by atoms with Crippen LogP contribution < -0.4 is 4.74 Å². The van der Waals surface area contributed by atoms with Crippen LogP contribution in [0, 0.1) is 0 Å². The Bertz CT molecular complexity index is 682. The summed E-state index contributed by atoms with van der Waals surface area (Å²) >= 11 is 6.09.